The van der Waals surface area contributed by atoms with Gasteiger partial charge in [0.25, 0.3) is 11.5 Å². The van der Waals surface area contributed by atoms with Crippen LogP contribution in [0.2, 0.25) is 0 Å². The number of nitrogens with zero attached hydrogens (tertiary/aromatic N) is 2. The number of ether oxygens (including phenoxy) is 1. The molecule has 1 amide bonds. The Hall–Kier alpha value is -5.04. The molecule has 0 atom stereocenters. The zero-order valence-corrected chi connectivity index (χ0v) is 19.1. The summed E-state index contributed by atoms with van der Waals surface area (Å²) in [7, 11) is 0. The van der Waals surface area contributed by atoms with E-state index in [1.807, 2.05) is 36.4 Å². The Balaban J connectivity index is 1.34. The highest BCUT2D eigenvalue weighted by molar-refractivity contribution is 6.04. The second kappa shape index (κ2) is 10.1. The summed E-state index contributed by atoms with van der Waals surface area (Å²) in [5, 5.41) is 7.96. The summed E-state index contributed by atoms with van der Waals surface area (Å²) in [6.45, 7) is -0.0140. The number of para-hydroxylation sites is 2. The monoisotopic (exact) mass is 475 g/mol. The minimum absolute atomic E-state index is 0.0140. The van der Waals surface area contributed by atoms with Crippen molar-refractivity contribution in [2.24, 2.45) is 0 Å². The number of hydrogen-bond acceptors (Lipinski definition) is 5. The fraction of sp³-hybridized carbons (Fsp3) is 0.0345. The molecule has 1 heterocycles. The molecule has 1 N–H and O–H groups in total. The van der Waals surface area contributed by atoms with Crippen molar-refractivity contribution in [2.45, 2.75) is 6.61 Å². The van der Waals surface area contributed by atoms with E-state index < -0.39 is 5.97 Å². The van der Waals surface area contributed by atoms with Crippen LogP contribution in [0.25, 0.3) is 16.5 Å². The average molecular weight is 476 g/mol. The minimum atomic E-state index is -0.651. The molecule has 0 radical (unpaired) electrons. The summed E-state index contributed by atoms with van der Waals surface area (Å²) in [5.74, 6) is -0.884. The van der Waals surface area contributed by atoms with E-state index >= 15 is 0 Å². The molecule has 7 nitrogen and oxygen atoms in total. The Bertz CT molecular complexity index is 1600. The lowest BCUT2D eigenvalue weighted by atomic mass is 10.1. The molecule has 0 saturated heterocycles. The highest BCUT2D eigenvalue weighted by Crippen LogP contribution is 2.17. The molecule has 5 aromatic rings. The molecule has 5 rings (SSSR count). The highest BCUT2D eigenvalue weighted by Gasteiger charge is 2.19. The number of esters is 1. The first-order valence-corrected chi connectivity index (χ1v) is 11.3. The van der Waals surface area contributed by atoms with Gasteiger partial charge in [-0.3, -0.25) is 9.59 Å². The van der Waals surface area contributed by atoms with E-state index in [4.69, 9.17) is 4.74 Å². The van der Waals surface area contributed by atoms with E-state index in [2.05, 4.69) is 10.4 Å². The number of aromatic nitrogens is 2. The van der Waals surface area contributed by atoms with Gasteiger partial charge in [0.15, 0.2) is 5.69 Å². The zero-order chi connectivity index (χ0) is 24.9. The maximum atomic E-state index is 13.0. The second-order valence-electron chi connectivity index (χ2n) is 8.04. The molecule has 0 saturated carbocycles. The Morgan fingerprint density at radius 1 is 0.750 bits per heavy atom. The van der Waals surface area contributed by atoms with Gasteiger partial charge in [-0.05, 0) is 48.0 Å². The number of anilines is 1. The van der Waals surface area contributed by atoms with E-state index in [0.29, 0.717) is 33.3 Å². The van der Waals surface area contributed by atoms with E-state index in [1.54, 1.807) is 72.8 Å². The third-order valence-electron chi connectivity index (χ3n) is 5.62. The average Bonchev–Trinajstić information content (AvgIpc) is 2.93. The van der Waals surface area contributed by atoms with Gasteiger partial charge in [0, 0.05) is 16.6 Å². The van der Waals surface area contributed by atoms with E-state index in [1.165, 1.54) is 4.68 Å². The highest BCUT2D eigenvalue weighted by atomic mass is 16.5. The lowest BCUT2D eigenvalue weighted by Gasteiger charge is -2.11. The van der Waals surface area contributed by atoms with Crippen molar-refractivity contribution in [2.75, 3.05) is 5.32 Å². The molecule has 0 aliphatic heterocycles. The van der Waals surface area contributed by atoms with Crippen LogP contribution >= 0.6 is 0 Å². The van der Waals surface area contributed by atoms with E-state index in [-0.39, 0.29) is 23.8 Å². The number of carbonyl (C=O) groups is 2. The number of fused-ring (bicyclic) bond motifs is 1. The Labute approximate surface area is 206 Å². The molecular formula is C29H21N3O4. The first kappa shape index (κ1) is 22.7. The van der Waals surface area contributed by atoms with Gasteiger partial charge in [-0.1, -0.05) is 66.7 Å². The maximum absolute atomic E-state index is 13.0. The molecule has 0 bridgehead atoms. The van der Waals surface area contributed by atoms with Crippen molar-refractivity contribution in [3.63, 3.8) is 0 Å². The maximum Gasteiger partial charge on any atom is 0.359 e. The lowest BCUT2D eigenvalue weighted by molar-refractivity contribution is 0.0466. The van der Waals surface area contributed by atoms with Gasteiger partial charge in [-0.2, -0.15) is 9.78 Å². The van der Waals surface area contributed by atoms with Gasteiger partial charge < -0.3 is 10.1 Å². The predicted molar refractivity (Wildman–Crippen MR) is 137 cm³/mol. The SMILES string of the molecule is O=C(Nc1ccccc1)c1ccc(COC(=O)c2nn(-c3ccccc3)c(=O)c3ccccc23)cc1. The van der Waals surface area contributed by atoms with E-state index in [9.17, 15) is 14.4 Å². The van der Waals surface area contributed by atoms with Gasteiger partial charge in [-0.15, -0.1) is 0 Å². The second-order valence-corrected chi connectivity index (χ2v) is 8.04. The van der Waals surface area contributed by atoms with Crippen LogP contribution in [0, 0.1) is 0 Å². The largest absolute Gasteiger partial charge is 0.456 e. The van der Waals surface area contributed by atoms with Crippen molar-refractivity contribution in [3.05, 3.63) is 136 Å². The number of nitrogens with one attached hydrogen (secondary N) is 1. The molecule has 0 unspecified atom stereocenters. The van der Waals surface area contributed by atoms with Crippen molar-refractivity contribution in [1.82, 2.24) is 9.78 Å². The predicted octanol–water partition coefficient (Wildman–Crippen LogP) is 5.00. The summed E-state index contributed by atoms with van der Waals surface area (Å²) in [5.41, 5.74) is 2.17. The number of carbonyl (C=O) groups excluding carboxylic acids is 2. The van der Waals surface area contributed by atoms with E-state index in [0.717, 1.165) is 0 Å². The molecule has 0 spiro atoms. The van der Waals surface area contributed by atoms with Crippen molar-refractivity contribution in [1.29, 1.82) is 0 Å². The van der Waals surface area contributed by atoms with Crippen molar-refractivity contribution in [3.8, 4) is 5.69 Å². The fourth-order valence-corrected chi connectivity index (χ4v) is 3.78. The molecule has 1 aromatic heterocycles. The normalized spacial score (nSPS) is 10.7. The molecule has 0 aliphatic carbocycles. The first-order valence-electron chi connectivity index (χ1n) is 11.3. The van der Waals surface area contributed by atoms with Crippen molar-refractivity contribution < 1.29 is 14.3 Å². The van der Waals surface area contributed by atoms with Crippen LogP contribution in [-0.4, -0.2) is 21.7 Å². The third kappa shape index (κ3) is 4.76. The Kier molecular flexibility index (Phi) is 6.36. The van der Waals surface area contributed by atoms with Gasteiger partial charge in [0.1, 0.15) is 6.61 Å². The first-order chi connectivity index (χ1) is 17.6. The van der Waals surface area contributed by atoms with Gasteiger partial charge in [0.2, 0.25) is 0 Å². The summed E-state index contributed by atoms with van der Waals surface area (Å²) in [6, 6.07) is 31.7. The third-order valence-corrected chi connectivity index (χ3v) is 5.62. The molecule has 0 fully saturated rings. The quantitative estimate of drug-likeness (QED) is 0.349. The van der Waals surface area contributed by atoms with Gasteiger partial charge in [0.05, 0.1) is 11.1 Å². The van der Waals surface area contributed by atoms with Crippen LogP contribution in [0.1, 0.15) is 26.4 Å². The smallest absolute Gasteiger partial charge is 0.359 e. The number of hydrogen-bond donors (Lipinski definition) is 1. The van der Waals surface area contributed by atoms with Crippen LogP contribution in [0.5, 0.6) is 0 Å². The van der Waals surface area contributed by atoms with Crippen LogP contribution in [0.3, 0.4) is 0 Å². The minimum Gasteiger partial charge on any atom is -0.456 e. The van der Waals surface area contributed by atoms with Crippen molar-refractivity contribution >= 4 is 28.3 Å². The molecule has 7 heteroatoms. The number of benzene rings is 4. The summed E-state index contributed by atoms with van der Waals surface area (Å²) >= 11 is 0. The summed E-state index contributed by atoms with van der Waals surface area (Å²) in [6.07, 6.45) is 0. The number of amides is 1. The standard InChI is InChI=1S/C29H21N3O4/c33-27(30-22-9-3-1-4-10-22)21-17-15-20(16-18-21)19-36-29(35)26-24-13-7-8-14-25(24)28(34)32(31-26)23-11-5-2-6-12-23/h1-18H,19H2,(H,30,33). The van der Waals surface area contributed by atoms with Crippen LogP contribution in [0.15, 0.2) is 114 Å². The molecular weight excluding hydrogens is 454 g/mol. The molecule has 0 aliphatic rings. The van der Waals surface area contributed by atoms with Gasteiger partial charge >= 0.3 is 5.97 Å². The van der Waals surface area contributed by atoms with Crippen LogP contribution in [0.4, 0.5) is 5.69 Å². The van der Waals surface area contributed by atoms with Crippen LogP contribution < -0.4 is 10.9 Å². The summed E-state index contributed by atoms with van der Waals surface area (Å²) < 4.78 is 6.74. The topological polar surface area (TPSA) is 90.3 Å². The number of rotatable bonds is 6. The summed E-state index contributed by atoms with van der Waals surface area (Å²) in [4.78, 5) is 38.5. The fourth-order valence-electron chi connectivity index (χ4n) is 3.78. The van der Waals surface area contributed by atoms with Crippen LogP contribution in [-0.2, 0) is 11.3 Å². The molecule has 4 aromatic carbocycles. The molecule has 176 valence electrons. The Morgan fingerprint density at radius 3 is 2.06 bits per heavy atom. The molecule has 36 heavy (non-hydrogen) atoms. The zero-order valence-electron chi connectivity index (χ0n) is 19.1. The van der Waals surface area contributed by atoms with Gasteiger partial charge in [-0.25, -0.2) is 4.79 Å². The Morgan fingerprint density at radius 2 is 1.36 bits per heavy atom. The lowest BCUT2D eigenvalue weighted by Crippen LogP contribution is -2.25.